The smallest absolute Gasteiger partial charge is 0.326 e. The Morgan fingerprint density at radius 2 is 1.29 bits per heavy atom. The molecule has 3 unspecified atom stereocenters. The number of aliphatic imine (C=N–C) groups is 1. The molecule has 750 valence electrons. The lowest BCUT2D eigenvalue weighted by molar-refractivity contribution is -0.147. The standard InChI is InChI=1S/C36H44Cl2N4O.C33H46N4O4.C27H38N2O3S.C18H19NO4/c1-24(2)40-19-21-41(22-20-40)33(43)42-32(31-18-13-28(23-25(31)3)34(4,5)6)39-35(7,26-9-14-29(37)15-10-26)36(42,8)27-11-16-30(38)17-12-27;1-20(2)41-25-16-15-23-18-28(31(39)35-27-14-10-12-22-11-8-9-13-26(22)27)37(19-24(23)17-25)32(40)29(33(4,5)6)36-30(38)21(3)34-7;1-16(2)29-25(27(4,5)6)23(31)21-13-20(30)14-22(21)26(32)28-15-18-7-9-19(10-8-18)24-17(3)11-12-33-24;1-9(2)23-13-6-4-5-11-14(13)17(21)15(16(11)20)12-8-7-10(3)19-18(12)22/h9-18,23-24H,19-22H2,1-8H3;8-9,11,13,15-17,20-21,27-29,34H,10,12,14,18-19H2,1-7H3,(H,35,39)(H,36,38);7-12,16,20-22,25,29-30H,13-15H2,1-6H3,(H,28,32);4-6,9,12,15H,3,7-8H2,1-2H3,(H,19,22)/t35-,36+;21-,27+,28-,29+;20-,21?,22+,25+;/m000./s1. The van der Waals surface area contributed by atoms with Crippen LogP contribution >= 0.6 is 34.5 Å². The average Bonchev–Trinajstić information content (AvgIpc) is 1.53. The van der Waals surface area contributed by atoms with Crippen LogP contribution in [-0.2, 0) is 71.2 Å². The van der Waals surface area contributed by atoms with Crippen LogP contribution < -0.4 is 41.4 Å². The first-order chi connectivity index (χ1) is 65.9. The first kappa shape index (κ1) is 108. The maximum absolute atomic E-state index is 14.9. The van der Waals surface area contributed by atoms with Crippen molar-refractivity contribution in [1.82, 2.24) is 51.5 Å². The van der Waals surface area contributed by atoms with Crippen LogP contribution in [0.15, 0.2) is 180 Å². The molecule has 7 amide bonds. The lowest BCUT2D eigenvalue weighted by atomic mass is 9.71. The summed E-state index contributed by atoms with van der Waals surface area (Å²) in [5, 5.41) is 32.0. The van der Waals surface area contributed by atoms with Crippen molar-refractivity contribution in [2.45, 2.75) is 294 Å². The number of piperazine rings is 1. The third-order valence-corrected chi connectivity index (χ3v) is 30.0. The van der Waals surface area contributed by atoms with E-state index in [1.807, 2.05) is 184 Å². The van der Waals surface area contributed by atoms with Crippen molar-refractivity contribution in [3.8, 4) is 21.9 Å². The van der Waals surface area contributed by atoms with Gasteiger partial charge in [-0.2, -0.15) is 0 Å². The number of Topliss-reactive ketones (excluding diaryl/α,β-unsaturated/α-hetero) is 3. The van der Waals surface area contributed by atoms with Gasteiger partial charge in [0.2, 0.25) is 29.5 Å². The predicted molar refractivity (Wildman–Crippen MR) is 559 cm³/mol. The number of aliphatic hydroxyl groups is 1. The maximum atomic E-state index is 14.9. The normalized spacial score (nSPS) is 22.1. The number of urea groups is 1. The quantitative estimate of drug-likeness (QED) is 0.0293. The number of aliphatic hydroxyl groups excluding tert-OH is 1. The Morgan fingerprint density at radius 1 is 0.657 bits per heavy atom. The fourth-order valence-electron chi connectivity index (χ4n) is 20.2. The molecule has 3 aliphatic carbocycles. The highest BCUT2D eigenvalue weighted by atomic mass is 35.5. The molecule has 4 aliphatic heterocycles. The number of benzene rings is 7. The van der Waals surface area contributed by atoms with Gasteiger partial charge in [-0.25, -0.2) is 4.79 Å². The van der Waals surface area contributed by atoms with E-state index in [-0.39, 0.29) is 101 Å². The van der Waals surface area contributed by atoms with Crippen molar-refractivity contribution < 1.29 is 57.7 Å². The third-order valence-electron chi connectivity index (χ3n) is 28.5. The number of hydrogen-bond acceptors (Lipinski definition) is 17. The number of carbonyl (C=O) groups excluding carboxylic acids is 9. The average molecular weight is 1970 g/mol. The molecule has 0 bridgehead atoms. The minimum atomic E-state index is -0.949. The largest absolute Gasteiger partial charge is 0.491 e. The van der Waals surface area contributed by atoms with Gasteiger partial charge in [0.1, 0.15) is 40.5 Å². The summed E-state index contributed by atoms with van der Waals surface area (Å²) in [6.07, 6.45) is 4.25. The van der Waals surface area contributed by atoms with Gasteiger partial charge in [0.15, 0.2) is 17.3 Å². The maximum Gasteiger partial charge on any atom is 0.326 e. The number of piperidine rings is 1. The van der Waals surface area contributed by atoms with Crippen molar-refractivity contribution >= 4 is 93.3 Å². The molecule has 0 spiro atoms. The second-order valence-corrected chi connectivity index (χ2v) is 45.1. The molecule has 12 atom stereocenters. The molecule has 1 saturated carbocycles. The first-order valence-corrected chi connectivity index (χ1v) is 51.3. The van der Waals surface area contributed by atoms with Crippen LogP contribution in [0.2, 0.25) is 10.0 Å². The van der Waals surface area contributed by atoms with E-state index in [0.717, 1.165) is 82.6 Å². The fraction of sp³-hybridized carbons (Fsp3) is 0.491. The lowest BCUT2D eigenvalue weighted by Crippen LogP contribution is -2.62. The van der Waals surface area contributed by atoms with E-state index in [2.05, 4.69) is 160 Å². The highest BCUT2D eigenvalue weighted by Crippen LogP contribution is 2.55. The molecule has 0 radical (unpaired) electrons. The number of amides is 7. The third kappa shape index (κ3) is 24.8. The van der Waals surface area contributed by atoms with Gasteiger partial charge in [-0.15, -0.1) is 11.3 Å². The lowest BCUT2D eigenvalue weighted by Gasteiger charge is -2.47. The van der Waals surface area contributed by atoms with E-state index < -0.39 is 64.4 Å². The number of hydrogen-bond donors (Lipinski definition) is 7. The van der Waals surface area contributed by atoms with Gasteiger partial charge in [-0.1, -0.05) is 215 Å². The second-order valence-electron chi connectivity index (χ2n) is 43.4. The summed E-state index contributed by atoms with van der Waals surface area (Å²) < 4.78 is 11.6. The number of amidine groups is 1. The van der Waals surface area contributed by atoms with Gasteiger partial charge in [0.25, 0.3) is 0 Å². The number of rotatable bonds is 23. The minimum absolute atomic E-state index is 0.00200. The van der Waals surface area contributed by atoms with Crippen LogP contribution in [0, 0.1) is 48.3 Å². The Balaban J connectivity index is 0.000000171. The summed E-state index contributed by atoms with van der Waals surface area (Å²) in [4.78, 5) is 135. The molecule has 15 rings (SSSR count). The second kappa shape index (κ2) is 45.3. The molecule has 26 heteroatoms. The van der Waals surface area contributed by atoms with Gasteiger partial charge < -0.3 is 56.3 Å². The van der Waals surface area contributed by atoms with Crippen molar-refractivity contribution in [3.05, 3.63) is 258 Å². The molecule has 7 N–H and O–H groups in total. The van der Waals surface area contributed by atoms with Gasteiger partial charge in [0, 0.05) is 95.4 Å². The van der Waals surface area contributed by atoms with E-state index >= 15 is 0 Å². The number of thiophene rings is 1. The number of allylic oxidation sites excluding steroid dienone is 1. The number of ether oxygens (including phenoxy) is 2. The van der Waals surface area contributed by atoms with Crippen LogP contribution in [0.25, 0.3) is 10.4 Å². The number of carbonyl (C=O) groups is 9. The highest BCUT2D eigenvalue weighted by Gasteiger charge is 2.61. The summed E-state index contributed by atoms with van der Waals surface area (Å²) in [5.74, 6) is -2.44. The molecule has 3 fully saturated rings. The van der Waals surface area contributed by atoms with Crippen LogP contribution in [0.1, 0.15) is 265 Å². The summed E-state index contributed by atoms with van der Waals surface area (Å²) in [6.45, 7) is 52.3. The Morgan fingerprint density at radius 3 is 1.88 bits per heavy atom. The zero-order valence-electron chi connectivity index (χ0n) is 86.1. The van der Waals surface area contributed by atoms with E-state index in [1.165, 1.54) is 27.1 Å². The SMILES string of the molecule is C=C1CCC(C2C(=O)c3cccc(OC(C)C)c3C2=O)C(=O)N1.CN[C@@H](C)C(=O)N[C@H](C(=O)N1Cc2cc(OC(C)C)ccc2C[C@H]1C(=O)N[C@@H]1CCCc2ccccc21)C(C)(C)C.Cc1cc(C(C)(C)C)ccc1C1=N[C@@](C)(c2ccc(Cl)cc2)[C@@](C)(c2ccc(Cl)cc2)N1C(=O)N1CCN(C(C)C)CC1.Cc1ccsc1-c1ccc(CNC(=O)[C@@H]2C[C@@H](O)CC2C(=O)[C@@H](NC(C)C)C(C)(C)C)cc1. The summed E-state index contributed by atoms with van der Waals surface area (Å²) in [7, 11) is 1.71. The summed E-state index contributed by atoms with van der Waals surface area (Å²) in [5.41, 5.74) is 11.8. The molecule has 23 nitrogen and oxygen atoms in total. The van der Waals surface area contributed by atoms with Gasteiger partial charge in [-0.3, -0.25) is 53.1 Å². The van der Waals surface area contributed by atoms with E-state index in [0.29, 0.717) is 96.2 Å². The van der Waals surface area contributed by atoms with Crippen LogP contribution in [0.3, 0.4) is 0 Å². The van der Waals surface area contributed by atoms with Crippen LogP contribution in [0.5, 0.6) is 11.5 Å². The Hall–Kier alpha value is -10.7. The highest BCUT2D eigenvalue weighted by molar-refractivity contribution is 7.13. The number of ketones is 3. The minimum Gasteiger partial charge on any atom is -0.491 e. The monoisotopic (exact) mass is 1960 g/mol. The van der Waals surface area contributed by atoms with Crippen molar-refractivity contribution in [2.24, 2.45) is 39.5 Å². The molecule has 2 saturated heterocycles. The Kier molecular flexibility index (Phi) is 35.0. The van der Waals surface area contributed by atoms with Gasteiger partial charge in [-0.05, 0) is 260 Å². The zero-order valence-corrected chi connectivity index (χ0v) is 88.4. The summed E-state index contributed by atoms with van der Waals surface area (Å²) >= 11 is 14.5. The van der Waals surface area contributed by atoms with Crippen LogP contribution in [-0.4, -0.2) is 171 Å². The number of aryl methyl sites for hydroxylation is 3. The topological polar surface area (TPSA) is 290 Å². The molecule has 7 aromatic carbocycles. The van der Waals surface area contributed by atoms with E-state index in [9.17, 15) is 48.3 Å². The van der Waals surface area contributed by atoms with E-state index in [1.54, 1.807) is 48.4 Å². The van der Waals surface area contributed by atoms with Gasteiger partial charge >= 0.3 is 6.03 Å². The van der Waals surface area contributed by atoms with Gasteiger partial charge in [0.05, 0.1) is 59.8 Å². The Labute approximate surface area is 843 Å². The number of fused-ring (bicyclic) bond motifs is 3. The van der Waals surface area contributed by atoms with E-state index in [4.69, 9.17) is 37.7 Å². The fourth-order valence-corrected chi connectivity index (χ4v) is 21.4. The molecule has 8 aromatic rings. The van der Waals surface area contributed by atoms with Crippen molar-refractivity contribution in [3.63, 3.8) is 0 Å². The predicted octanol–water partition coefficient (Wildman–Crippen LogP) is 19.9. The van der Waals surface area contributed by atoms with Crippen LogP contribution in [0.4, 0.5) is 4.79 Å². The number of nitrogens with one attached hydrogen (secondary N) is 6. The zero-order chi connectivity index (χ0) is 102. The molecule has 1 aromatic heterocycles. The Bertz CT molecular complexity index is 5860. The number of likely N-dealkylation sites (N-methyl/N-ethyl adjacent to an activating group) is 1. The molecule has 5 heterocycles. The number of nitrogens with zero attached hydrogens (tertiary/aromatic N) is 5. The number of halogens is 2. The molecular weight excluding hydrogens is 1820 g/mol. The molecular formula is C114H147Cl2N11O12S. The summed E-state index contributed by atoms with van der Waals surface area (Å²) in [6, 6.07) is 49.9. The first-order valence-electron chi connectivity index (χ1n) is 49.7. The van der Waals surface area contributed by atoms with Crippen molar-refractivity contribution in [1.29, 1.82) is 0 Å². The molecule has 7 aliphatic rings. The molecule has 140 heavy (non-hydrogen) atoms. The van der Waals surface area contributed by atoms with Crippen molar-refractivity contribution in [2.75, 3.05) is 33.2 Å².